The molecule has 696 valence electrons. The number of hydrogen-bond donors (Lipinski definition) is 20. The van der Waals surface area contributed by atoms with Crippen molar-refractivity contribution in [3.05, 3.63) is 408 Å². The maximum absolute atomic E-state index is 11.7. The van der Waals surface area contributed by atoms with Crippen LogP contribution >= 0.6 is 0 Å². The molecule has 0 amide bonds. The van der Waals surface area contributed by atoms with Crippen LogP contribution in [-0.2, 0) is 26.9 Å². The molecule has 0 saturated carbocycles. The van der Waals surface area contributed by atoms with Gasteiger partial charge in [0.1, 0.15) is 23.3 Å². The number of pyridine rings is 2. The van der Waals surface area contributed by atoms with E-state index < -0.39 is 0 Å². The lowest BCUT2D eigenvalue weighted by atomic mass is 10.0. The maximum atomic E-state index is 11.7. The van der Waals surface area contributed by atoms with Gasteiger partial charge in [0.05, 0.1) is 97.7 Å². The predicted molar refractivity (Wildman–Crippen MR) is 548 cm³/mol. The fourth-order valence-electron chi connectivity index (χ4n) is 16.0. The van der Waals surface area contributed by atoms with Gasteiger partial charge in [-0.25, -0.2) is 24.9 Å². The van der Waals surface area contributed by atoms with E-state index in [1.807, 2.05) is 230 Å². The molecule has 10 heterocycles. The molecule has 0 fully saturated rings. The zero-order valence-corrected chi connectivity index (χ0v) is 75.6. The van der Waals surface area contributed by atoms with Crippen LogP contribution in [0.4, 0.5) is 57.7 Å². The number of imidazole rings is 2. The quantitative estimate of drug-likeness (QED) is 0.0172. The van der Waals surface area contributed by atoms with Crippen molar-refractivity contribution < 1.29 is 0 Å². The lowest BCUT2D eigenvalue weighted by Gasteiger charge is -2.21. The molecule has 10 aromatic carbocycles. The summed E-state index contributed by atoms with van der Waals surface area (Å²) in [6, 6.07) is 92.9. The Bertz CT molecular complexity index is 7230. The highest BCUT2D eigenvalue weighted by Crippen LogP contribution is 2.29. The van der Waals surface area contributed by atoms with Gasteiger partial charge in [0.15, 0.2) is 0 Å². The lowest BCUT2D eigenvalue weighted by Crippen LogP contribution is -2.25. The number of aryl methyl sites for hydroxylation is 2. The van der Waals surface area contributed by atoms with Gasteiger partial charge in [0, 0.05) is 112 Å². The van der Waals surface area contributed by atoms with E-state index in [-0.39, 0.29) is 58.0 Å². The highest BCUT2D eigenvalue weighted by Gasteiger charge is 2.19. The molecule has 5 atom stereocenters. The number of nitrogens with zero attached hydrogens (tertiary/aromatic N) is 9. The van der Waals surface area contributed by atoms with Crippen molar-refractivity contribution in [1.82, 2.24) is 95.2 Å². The number of aromatic nitrogens is 19. The number of benzene rings is 10. The number of fused-ring (bicyclic) bond motifs is 5. The van der Waals surface area contributed by atoms with Crippen molar-refractivity contribution >= 4 is 112 Å². The predicted octanol–water partition coefficient (Wildman–Crippen LogP) is 16.7. The molecular weight excluding hydrogens is 1720 g/mol. The Morgan fingerprint density at radius 2 is 0.606 bits per heavy atom. The van der Waals surface area contributed by atoms with Crippen LogP contribution in [0.25, 0.3) is 54.5 Å². The topological polar surface area (TPSA) is 464 Å². The van der Waals surface area contributed by atoms with E-state index in [0.717, 1.165) is 163 Å². The van der Waals surface area contributed by atoms with E-state index in [2.05, 4.69) is 224 Å². The van der Waals surface area contributed by atoms with Crippen molar-refractivity contribution in [2.45, 2.75) is 75.2 Å². The summed E-state index contributed by atoms with van der Waals surface area (Å²) in [6.07, 6.45) is 20.5. The van der Waals surface area contributed by atoms with Gasteiger partial charge >= 0.3 is 0 Å². The van der Waals surface area contributed by atoms with E-state index in [9.17, 15) is 24.0 Å². The number of H-pyrrole nitrogens is 10. The van der Waals surface area contributed by atoms with Crippen LogP contribution in [0.3, 0.4) is 0 Å². The summed E-state index contributed by atoms with van der Waals surface area (Å²) in [5.41, 5.74) is 14.5. The molecule has 0 aliphatic heterocycles. The lowest BCUT2D eigenvalue weighted by molar-refractivity contribution is 0.669. The number of anilines is 10. The second-order valence-corrected chi connectivity index (χ2v) is 32.9. The van der Waals surface area contributed by atoms with E-state index >= 15 is 0 Å². The molecule has 5 unspecified atom stereocenters. The van der Waals surface area contributed by atoms with Gasteiger partial charge in [-0.3, -0.25) is 75.0 Å². The summed E-state index contributed by atoms with van der Waals surface area (Å²) >= 11 is 0. The van der Waals surface area contributed by atoms with Crippen molar-refractivity contribution in [1.29, 1.82) is 0 Å². The Balaban J connectivity index is 0.000000124. The van der Waals surface area contributed by atoms with Crippen LogP contribution in [0.1, 0.15) is 78.0 Å². The monoisotopic (exact) mass is 1830 g/mol. The first-order valence-corrected chi connectivity index (χ1v) is 45.4. The highest BCUT2D eigenvalue weighted by atomic mass is 16.1. The minimum absolute atomic E-state index is 0.0405. The number of hydrogen-bond acceptors (Lipinski definition) is 22. The van der Waals surface area contributed by atoms with Crippen LogP contribution in [0.5, 0.6) is 0 Å². The molecule has 20 N–H and O–H groups in total. The van der Waals surface area contributed by atoms with E-state index in [4.69, 9.17) is 0 Å². The fraction of sp³-hybridized carbons (Fsp3) is 0.184. The molecule has 0 aliphatic rings. The second-order valence-electron chi connectivity index (χ2n) is 32.9. The first-order valence-electron chi connectivity index (χ1n) is 45.4. The van der Waals surface area contributed by atoms with Crippen LogP contribution in [0, 0.1) is 0 Å². The second kappa shape index (κ2) is 46.9. The minimum Gasteiger partial charge on any atom is -0.385 e. The van der Waals surface area contributed by atoms with Gasteiger partial charge in [0.2, 0.25) is 5.95 Å². The molecule has 0 bridgehead atoms. The molecule has 34 heteroatoms. The molecule has 0 radical (unpaired) electrons. The highest BCUT2D eigenvalue weighted by molar-refractivity contribution is 5.85. The Hall–Kier alpha value is -17.7. The first kappa shape index (κ1) is 92.5. The number of rotatable bonds is 37. The summed E-state index contributed by atoms with van der Waals surface area (Å²) in [5.74, 6) is 3.98. The SMILES string of the molecule is Cn1cnc(NC(CCNc2ccc3c(=O)[nH][nH]c3c2)c2ccccc2)c1.Cn1cnc(NCCC(Cc2ccccc2)Nc2ccc3c(=O)[nH][nH]c3c2)c1.O=c1[nH][nH]c2cc(NC(CCNc3ccccn3)Cc3ccccc3)ccc12.O=c1[nH][nH]c2cc(NCCC(Nc3ccccn3)c3ccccc3)ccc12.O=c1[nH][nH]c2cc(NCCC(Nc3nccnn3)c3ccccc3)ccc12. The van der Waals surface area contributed by atoms with Crippen LogP contribution in [0.2, 0.25) is 0 Å². The molecule has 10 aromatic heterocycles. The van der Waals surface area contributed by atoms with Gasteiger partial charge in [-0.1, -0.05) is 164 Å². The fourth-order valence-corrected chi connectivity index (χ4v) is 16.0. The van der Waals surface area contributed by atoms with E-state index in [1.165, 1.54) is 22.3 Å². The Labute approximate surface area is 786 Å². The molecule has 137 heavy (non-hydrogen) atoms. The van der Waals surface area contributed by atoms with Crippen molar-refractivity contribution in [2.24, 2.45) is 14.1 Å². The van der Waals surface area contributed by atoms with Gasteiger partial charge < -0.3 is 62.3 Å². The standard InChI is InChI=1S/C22H23N5O.C21H24N6O.C21H21N5O.C20H22N6O.C19H19N7O/c28-22-19-10-9-17(15-20(19)26-27-22)25-18(14-16-6-2-1-3-7-16)11-13-24-21-8-4-5-12-23-21;1-27-13-20(23-14-27)22-10-9-17(11-15-5-3-2-4-6-15)24-16-7-8-18-19(12-16)25-26-21(18)28;27-21-17-10-9-16(14-19(17)25-26-21)22-13-11-18(15-6-2-1-3-7-15)24-20-8-4-5-12-23-20;1-26-12-19(22-13-26)23-17(14-5-3-2-4-6-14)9-10-21-15-7-8-16-18(11-15)24-25-20(16)27;27-18-15-7-6-14(12-17(15)24-25-18)20-9-8-16(13-4-2-1-3-5-13)23-19-21-10-11-22-26-19/h1-10,12,15,18,25H,11,13-14H2,(H,23,24)(H2,26,27,28);2-8,12-14,17,22,24H,9-11H2,1H3,(H2,25,26,28);1-10,12,14,18,22H,11,13H2,(H,23,24)(H2,25,26,27);2-8,11-13,17,21,23H,9-10H2,1H3,(H2,24,25,27);1-7,10-12,16,20H,8-9H2,(H,21,23,26)(H2,24,25,27). The minimum atomic E-state index is -0.110. The largest absolute Gasteiger partial charge is 0.385 e. The Kier molecular flexibility index (Phi) is 31.7. The average Bonchev–Trinajstić information content (AvgIpc) is 1.66. The summed E-state index contributed by atoms with van der Waals surface area (Å²) in [7, 11) is 3.91. The third-order valence-electron chi connectivity index (χ3n) is 22.9. The third-order valence-corrected chi connectivity index (χ3v) is 22.9. The molecule has 0 spiro atoms. The van der Waals surface area contributed by atoms with Crippen molar-refractivity contribution in [2.75, 3.05) is 85.9 Å². The zero-order chi connectivity index (χ0) is 94.1. The molecule has 0 aliphatic carbocycles. The molecule has 0 saturated heterocycles. The van der Waals surface area contributed by atoms with Crippen molar-refractivity contribution in [3.8, 4) is 0 Å². The molecular formula is C103H109N29O5. The number of nitrogens with one attached hydrogen (secondary N) is 20. The van der Waals surface area contributed by atoms with Gasteiger partial charge in [-0.15, -0.1) is 5.10 Å². The van der Waals surface area contributed by atoms with Crippen LogP contribution in [0.15, 0.2) is 353 Å². The average molecular weight is 1830 g/mol. The van der Waals surface area contributed by atoms with Crippen LogP contribution in [-0.4, -0.2) is 140 Å². The molecule has 20 aromatic rings. The molecule has 34 nitrogen and oxygen atoms in total. The van der Waals surface area contributed by atoms with E-state index in [1.54, 1.807) is 37.4 Å². The summed E-state index contributed by atoms with van der Waals surface area (Å²) in [4.78, 5) is 79.8. The Morgan fingerprint density at radius 3 is 0.964 bits per heavy atom. The maximum Gasteiger partial charge on any atom is 0.271 e. The first-order chi connectivity index (χ1) is 67.2. The van der Waals surface area contributed by atoms with E-state index in [0.29, 0.717) is 32.9 Å². The zero-order valence-electron chi connectivity index (χ0n) is 75.6. The third kappa shape index (κ3) is 26.8. The van der Waals surface area contributed by atoms with Gasteiger partial charge in [0.25, 0.3) is 27.8 Å². The summed E-state index contributed by atoms with van der Waals surface area (Å²) < 4.78 is 3.85. The Morgan fingerprint density at radius 1 is 0.277 bits per heavy atom. The van der Waals surface area contributed by atoms with Crippen molar-refractivity contribution in [3.63, 3.8) is 0 Å². The van der Waals surface area contributed by atoms with Gasteiger partial charge in [-0.05, 0) is 188 Å². The summed E-state index contributed by atoms with van der Waals surface area (Å²) in [6.45, 7) is 3.90. The smallest absolute Gasteiger partial charge is 0.271 e. The number of aromatic amines is 10. The summed E-state index contributed by atoms with van der Waals surface area (Å²) in [5, 5.41) is 73.3. The van der Waals surface area contributed by atoms with Crippen LogP contribution < -0.4 is 81.0 Å². The van der Waals surface area contributed by atoms with Gasteiger partial charge in [-0.2, -0.15) is 5.10 Å². The normalized spacial score (nSPS) is 12.1. The molecule has 20 rings (SSSR count).